The van der Waals surface area contributed by atoms with E-state index in [0.29, 0.717) is 18.9 Å². The van der Waals surface area contributed by atoms with Crippen molar-refractivity contribution >= 4 is 23.2 Å². The molecule has 1 aliphatic heterocycles. The van der Waals surface area contributed by atoms with Crippen LogP contribution in [0.25, 0.3) is 0 Å². The van der Waals surface area contributed by atoms with Crippen LogP contribution < -0.4 is 9.64 Å². The summed E-state index contributed by atoms with van der Waals surface area (Å²) in [4.78, 5) is 12.8. The number of alkyl halides is 1. The second-order valence-corrected chi connectivity index (χ2v) is 3.38. The van der Waals surface area contributed by atoms with E-state index in [0.717, 1.165) is 0 Å². The Morgan fingerprint density at radius 2 is 2.40 bits per heavy atom. The zero-order chi connectivity index (χ0) is 10.8. The number of carbonyl (C=O) groups is 1. The number of halogens is 2. The van der Waals surface area contributed by atoms with Gasteiger partial charge in [-0.2, -0.15) is 0 Å². The molecule has 0 saturated heterocycles. The number of anilines is 1. The summed E-state index contributed by atoms with van der Waals surface area (Å²) in [5.74, 6) is -0.551. The van der Waals surface area contributed by atoms with Crippen molar-refractivity contribution in [3.63, 3.8) is 0 Å². The van der Waals surface area contributed by atoms with E-state index in [4.69, 9.17) is 16.3 Å². The van der Waals surface area contributed by atoms with Gasteiger partial charge in [-0.15, -0.1) is 11.6 Å². The first-order valence-corrected chi connectivity index (χ1v) is 5.05. The lowest BCUT2D eigenvalue weighted by Crippen LogP contribution is -2.39. The third-order valence-electron chi connectivity index (χ3n) is 2.21. The van der Waals surface area contributed by atoms with Crippen molar-refractivity contribution < 1.29 is 13.9 Å². The predicted octanol–water partition coefficient (Wildman–Crippen LogP) is 1.79. The normalized spacial score (nSPS) is 14.4. The molecule has 0 N–H and O–H groups in total. The molecule has 2 rings (SSSR count). The summed E-state index contributed by atoms with van der Waals surface area (Å²) in [6.45, 7) is 0.693. The maximum absolute atomic E-state index is 13.5. The zero-order valence-electron chi connectivity index (χ0n) is 7.87. The first-order valence-electron chi connectivity index (χ1n) is 4.51. The van der Waals surface area contributed by atoms with Gasteiger partial charge in [0.2, 0.25) is 5.91 Å². The summed E-state index contributed by atoms with van der Waals surface area (Å²) in [5, 5.41) is 0. The van der Waals surface area contributed by atoms with Crippen molar-refractivity contribution in [2.24, 2.45) is 0 Å². The highest BCUT2D eigenvalue weighted by Gasteiger charge is 2.25. The number of para-hydroxylation sites is 1. The molecular weight excluding hydrogens is 221 g/mol. The minimum atomic E-state index is -0.467. The van der Waals surface area contributed by atoms with Crippen LogP contribution >= 0.6 is 11.6 Å². The van der Waals surface area contributed by atoms with Crippen molar-refractivity contribution in [1.82, 2.24) is 0 Å². The Balaban J connectivity index is 2.45. The topological polar surface area (TPSA) is 29.5 Å². The smallest absolute Gasteiger partial charge is 0.242 e. The predicted molar refractivity (Wildman–Crippen MR) is 55.0 cm³/mol. The van der Waals surface area contributed by atoms with E-state index in [1.165, 1.54) is 11.0 Å². The SMILES string of the molecule is O=C(CCl)N1CCOc2cccc(F)c21. The minimum Gasteiger partial charge on any atom is -0.489 e. The lowest BCUT2D eigenvalue weighted by Gasteiger charge is -2.29. The molecule has 0 saturated carbocycles. The molecule has 1 heterocycles. The van der Waals surface area contributed by atoms with Gasteiger partial charge >= 0.3 is 0 Å². The van der Waals surface area contributed by atoms with Crippen molar-refractivity contribution in [2.45, 2.75) is 0 Å². The molecule has 0 bridgehead atoms. The number of amides is 1. The fraction of sp³-hybridized carbons (Fsp3) is 0.300. The average Bonchev–Trinajstić information content (AvgIpc) is 2.28. The van der Waals surface area contributed by atoms with E-state index >= 15 is 0 Å². The zero-order valence-corrected chi connectivity index (χ0v) is 8.63. The van der Waals surface area contributed by atoms with Crippen LogP contribution in [0.1, 0.15) is 0 Å². The van der Waals surface area contributed by atoms with Gasteiger partial charge in [-0.3, -0.25) is 4.79 Å². The maximum atomic E-state index is 13.5. The van der Waals surface area contributed by atoms with Gasteiger partial charge in [-0.1, -0.05) is 6.07 Å². The Labute approximate surface area is 91.4 Å². The molecule has 1 aromatic rings. The number of hydrogen-bond acceptors (Lipinski definition) is 2. The third kappa shape index (κ3) is 1.77. The van der Waals surface area contributed by atoms with Crippen LogP contribution in [-0.2, 0) is 4.79 Å². The molecule has 0 atom stereocenters. The molecule has 15 heavy (non-hydrogen) atoms. The van der Waals surface area contributed by atoms with Gasteiger partial charge in [0.25, 0.3) is 0 Å². The maximum Gasteiger partial charge on any atom is 0.242 e. The summed E-state index contributed by atoms with van der Waals surface area (Å²) < 4.78 is 18.8. The van der Waals surface area contributed by atoms with E-state index in [2.05, 4.69) is 0 Å². The molecule has 0 unspecified atom stereocenters. The second-order valence-electron chi connectivity index (χ2n) is 3.11. The summed E-state index contributed by atoms with van der Waals surface area (Å²) >= 11 is 5.45. The van der Waals surface area contributed by atoms with Crippen LogP contribution in [0, 0.1) is 5.82 Å². The first kappa shape index (κ1) is 10.2. The highest BCUT2D eigenvalue weighted by atomic mass is 35.5. The monoisotopic (exact) mass is 229 g/mol. The van der Waals surface area contributed by atoms with Gasteiger partial charge in [0.05, 0.1) is 6.54 Å². The Bertz CT molecular complexity index is 397. The van der Waals surface area contributed by atoms with Gasteiger partial charge in [-0.25, -0.2) is 4.39 Å². The quantitative estimate of drug-likeness (QED) is 0.688. The fourth-order valence-corrected chi connectivity index (χ4v) is 1.70. The largest absolute Gasteiger partial charge is 0.489 e. The number of carbonyl (C=O) groups excluding carboxylic acids is 1. The molecule has 0 fully saturated rings. The Morgan fingerprint density at radius 1 is 1.60 bits per heavy atom. The molecule has 0 aliphatic carbocycles. The number of nitrogens with zero attached hydrogens (tertiary/aromatic N) is 1. The Hall–Kier alpha value is -1.29. The van der Waals surface area contributed by atoms with Crippen LogP contribution in [0.15, 0.2) is 18.2 Å². The Kier molecular flexibility index (Phi) is 2.77. The summed E-state index contributed by atoms with van der Waals surface area (Å²) in [5.41, 5.74) is 0.189. The number of hydrogen-bond donors (Lipinski definition) is 0. The van der Waals surface area contributed by atoms with Crippen molar-refractivity contribution in [3.05, 3.63) is 24.0 Å². The van der Waals surface area contributed by atoms with Crippen LogP contribution in [0.2, 0.25) is 0 Å². The van der Waals surface area contributed by atoms with Crippen molar-refractivity contribution in [1.29, 1.82) is 0 Å². The van der Waals surface area contributed by atoms with E-state index in [1.807, 2.05) is 0 Å². The summed E-state index contributed by atoms with van der Waals surface area (Å²) in [6, 6.07) is 4.47. The van der Waals surface area contributed by atoms with Crippen LogP contribution in [0.5, 0.6) is 5.75 Å². The molecule has 5 heteroatoms. The first-order chi connectivity index (χ1) is 7.24. The number of fused-ring (bicyclic) bond motifs is 1. The number of ether oxygens (including phenoxy) is 1. The second kappa shape index (κ2) is 4.06. The Morgan fingerprint density at radius 3 is 3.13 bits per heavy atom. The highest BCUT2D eigenvalue weighted by Crippen LogP contribution is 2.33. The summed E-state index contributed by atoms with van der Waals surface area (Å²) in [7, 11) is 0. The lowest BCUT2D eigenvalue weighted by atomic mass is 10.2. The molecule has 1 aromatic carbocycles. The van der Waals surface area contributed by atoms with Crippen molar-refractivity contribution in [2.75, 3.05) is 23.9 Å². The van der Waals surface area contributed by atoms with E-state index < -0.39 is 5.82 Å². The van der Waals surface area contributed by atoms with Gasteiger partial charge in [0.1, 0.15) is 23.9 Å². The van der Waals surface area contributed by atoms with Gasteiger partial charge in [-0.05, 0) is 12.1 Å². The molecule has 0 radical (unpaired) electrons. The molecule has 1 aliphatic rings. The van der Waals surface area contributed by atoms with E-state index in [9.17, 15) is 9.18 Å². The number of rotatable bonds is 1. The number of benzene rings is 1. The molecule has 1 amide bonds. The van der Waals surface area contributed by atoms with Crippen LogP contribution in [-0.4, -0.2) is 24.9 Å². The molecule has 80 valence electrons. The van der Waals surface area contributed by atoms with Gasteiger partial charge < -0.3 is 9.64 Å². The molecule has 0 spiro atoms. The third-order valence-corrected chi connectivity index (χ3v) is 2.44. The van der Waals surface area contributed by atoms with Gasteiger partial charge in [0.15, 0.2) is 5.82 Å². The molecular formula is C10H9ClFNO2. The molecule has 0 aromatic heterocycles. The van der Waals surface area contributed by atoms with Crippen LogP contribution in [0.4, 0.5) is 10.1 Å². The average molecular weight is 230 g/mol. The fourth-order valence-electron chi connectivity index (χ4n) is 1.55. The minimum absolute atomic E-state index is 0.159. The highest BCUT2D eigenvalue weighted by molar-refractivity contribution is 6.29. The summed E-state index contributed by atoms with van der Waals surface area (Å²) in [6.07, 6.45) is 0. The van der Waals surface area contributed by atoms with Crippen LogP contribution in [0.3, 0.4) is 0 Å². The van der Waals surface area contributed by atoms with E-state index in [-0.39, 0.29) is 17.5 Å². The molecule has 3 nitrogen and oxygen atoms in total. The van der Waals surface area contributed by atoms with E-state index in [1.54, 1.807) is 12.1 Å². The standard InChI is InChI=1S/C10H9ClFNO2/c11-6-9(14)13-4-5-15-8-3-1-2-7(12)10(8)13/h1-3H,4-6H2. The van der Waals surface area contributed by atoms with Crippen molar-refractivity contribution in [3.8, 4) is 5.75 Å². The van der Waals surface area contributed by atoms with Gasteiger partial charge in [0, 0.05) is 0 Å². The lowest BCUT2D eigenvalue weighted by molar-refractivity contribution is -0.116.